The molecule has 1 aliphatic heterocycles. The lowest BCUT2D eigenvalue weighted by atomic mass is 9.85. The monoisotopic (exact) mass is 223 g/mol. The molecule has 1 aliphatic carbocycles. The average Bonchev–Trinajstić information content (AvgIpc) is 2.83. The van der Waals surface area contributed by atoms with Crippen LogP contribution in [-0.2, 0) is 0 Å². The largest absolute Gasteiger partial charge is 0.383 e. The summed E-state index contributed by atoms with van der Waals surface area (Å²) in [6, 6.07) is 2.81. The summed E-state index contributed by atoms with van der Waals surface area (Å²) in [5, 5.41) is 1.28. The molecular weight excluding hydrogens is 206 g/mol. The Kier molecular flexibility index (Phi) is 2.31. The first-order chi connectivity index (χ1) is 7.34. The lowest BCUT2D eigenvalue weighted by Crippen LogP contribution is -2.34. The Morgan fingerprint density at radius 2 is 2.20 bits per heavy atom. The van der Waals surface area contributed by atoms with Crippen LogP contribution < -0.4 is 10.6 Å². The van der Waals surface area contributed by atoms with Crippen LogP contribution in [0.5, 0.6) is 0 Å². The molecule has 2 fully saturated rings. The maximum absolute atomic E-state index is 5.69. The van der Waals surface area contributed by atoms with Crippen LogP contribution in [0.15, 0.2) is 6.07 Å². The zero-order chi connectivity index (χ0) is 10.3. The second-order valence-electron chi connectivity index (χ2n) is 4.68. The molecule has 1 aromatic rings. The van der Waals surface area contributed by atoms with E-state index in [1.54, 1.807) is 11.5 Å². The van der Waals surface area contributed by atoms with Gasteiger partial charge in [-0.05, 0) is 36.7 Å². The van der Waals surface area contributed by atoms with Crippen molar-refractivity contribution in [2.24, 2.45) is 5.92 Å². The number of hydrogen-bond acceptors (Lipinski definition) is 4. The van der Waals surface area contributed by atoms with E-state index < -0.39 is 0 Å². The summed E-state index contributed by atoms with van der Waals surface area (Å²) >= 11 is 1.55. The Morgan fingerprint density at radius 1 is 1.33 bits per heavy atom. The van der Waals surface area contributed by atoms with Gasteiger partial charge in [-0.3, -0.25) is 0 Å². The predicted octanol–water partition coefficient (Wildman–Crippen LogP) is 2.49. The van der Waals surface area contributed by atoms with Gasteiger partial charge in [0.1, 0.15) is 10.8 Å². The lowest BCUT2D eigenvalue weighted by Gasteiger charge is -2.31. The molecule has 82 valence electrons. The molecule has 2 atom stereocenters. The first-order valence-electron chi connectivity index (χ1n) is 5.83. The highest BCUT2D eigenvalue weighted by Gasteiger charge is 2.36. The van der Waals surface area contributed by atoms with Crippen LogP contribution in [0.25, 0.3) is 0 Å². The number of nitrogens with zero attached hydrogens (tertiary/aromatic N) is 2. The van der Waals surface area contributed by atoms with E-state index in [0.717, 1.165) is 12.0 Å². The fraction of sp³-hybridized carbons (Fsp3) is 0.727. The summed E-state index contributed by atoms with van der Waals surface area (Å²) in [5.74, 6) is 1.61. The lowest BCUT2D eigenvalue weighted by molar-refractivity contribution is 0.342. The second kappa shape index (κ2) is 3.67. The summed E-state index contributed by atoms with van der Waals surface area (Å²) in [7, 11) is 0. The van der Waals surface area contributed by atoms with Gasteiger partial charge in [0.2, 0.25) is 0 Å². The van der Waals surface area contributed by atoms with Crippen LogP contribution in [0.3, 0.4) is 0 Å². The quantitative estimate of drug-likeness (QED) is 0.795. The molecular formula is C11H17N3S. The Balaban J connectivity index is 1.82. The van der Waals surface area contributed by atoms with Gasteiger partial charge < -0.3 is 10.6 Å². The van der Waals surface area contributed by atoms with E-state index in [4.69, 9.17) is 5.73 Å². The van der Waals surface area contributed by atoms with Crippen molar-refractivity contribution in [2.45, 2.75) is 38.1 Å². The van der Waals surface area contributed by atoms with Gasteiger partial charge in [-0.1, -0.05) is 12.8 Å². The molecule has 2 aliphatic rings. The average molecular weight is 223 g/mol. The Morgan fingerprint density at radius 3 is 3.00 bits per heavy atom. The van der Waals surface area contributed by atoms with Crippen molar-refractivity contribution >= 4 is 22.4 Å². The third-order valence-corrected chi connectivity index (χ3v) is 4.65. The topological polar surface area (TPSA) is 42.1 Å². The molecule has 4 heteroatoms. The van der Waals surface area contributed by atoms with E-state index in [1.165, 1.54) is 43.6 Å². The van der Waals surface area contributed by atoms with Gasteiger partial charge in [0.15, 0.2) is 0 Å². The molecule has 2 N–H and O–H groups in total. The highest BCUT2D eigenvalue weighted by atomic mass is 32.1. The van der Waals surface area contributed by atoms with Crippen molar-refractivity contribution in [2.75, 3.05) is 17.2 Å². The number of fused-ring (bicyclic) bond motifs is 1. The maximum atomic E-state index is 5.69. The number of rotatable bonds is 1. The molecule has 0 spiro atoms. The molecule has 0 bridgehead atoms. The van der Waals surface area contributed by atoms with Crippen molar-refractivity contribution in [3.63, 3.8) is 0 Å². The van der Waals surface area contributed by atoms with Gasteiger partial charge in [-0.15, -0.1) is 0 Å². The number of hydrogen-bond donors (Lipinski definition) is 1. The van der Waals surface area contributed by atoms with Crippen molar-refractivity contribution < 1.29 is 0 Å². The normalized spacial score (nSPS) is 30.5. The fourth-order valence-corrected chi connectivity index (χ4v) is 3.85. The molecule has 0 radical (unpaired) electrons. The van der Waals surface area contributed by atoms with Crippen molar-refractivity contribution in [1.82, 2.24) is 4.37 Å². The van der Waals surface area contributed by atoms with Gasteiger partial charge in [0, 0.05) is 18.7 Å². The highest BCUT2D eigenvalue weighted by molar-refractivity contribution is 7.10. The van der Waals surface area contributed by atoms with Crippen molar-refractivity contribution in [1.29, 1.82) is 0 Å². The molecule has 2 unspecified atom stereocenters. The Bertz CT molecular complexity index is 349. The molecule has 2 heterocycles. The van der Waals surface area contributed by atoms with Gasteiger partial charge in [0.25, 0.3) is 0 Å². The summed E-state index contributed by atoms with van der Waals surface area (Å²) in [5.41, 5.74) is 5.69. The van der Waals surface area contributed by atoms with E-state index in [-0.39, 0.29) is 0 Å². The van der Waals surface area contributed by atoms with Crippen LogP contribution in [0.1, 0.15) is 32.1 Å². The van der Waals surface area contributed by atoms with E-state index in [0.29, 0.717) is 5.82 Å². The van der Waals surface area contributed by atoms with E-state index >= 15 is 0 Å². The first kappa shape index (κ1) is 9.46. The van der Waals surface area contributed by atoms with E-state index in [1.807, 2.05) is 6.07 Å². The molecule has 1 aromatic heterocycles. The standard InChI is InChI=1S/C11H17N3S/c12-10-7-11(15-13-10)14-6-5-8-3-1-2-4-9(8)14/h7-9H,1-6H2,(H2,12,13). The second-order valence-corrected chi connectivity index (χ2v) is 5.47. The third-order valence-electron chi connectivity index (χ3n) is 3.81. The number of nitrogens with two attached hydrogens (primary N) is 1. The number of anilines is 2. The zero-order valence-electron chi connectivity index (χ0n) is 8.85. The minimum atomic E-state index is 0.675. The molecule has 15 heavy (non-hydrogen) atoms. The summed E-state index contributed by atoms with van der Waals surface area (Å²) in [6.45, 7) is 1.21. The maximum Gasteiger partial charge on any atom is 0.139 e. The van der Waals surface area contributed by atoms with Crippen LogP contribution in [-0.4, -0.2) is 17.0 Å². The van der Waals surface area contributed by atoms with Crippen molar-refractivity contribution in [3.8, 4) is 0 Å². The first-order valence-corrected chi connectivity index (χ1v) is 6.61. The van der Waals surface area contributed by atoms with Gasteiger partial charge >= 0.3 is 0 Å². The molecule has 1 saturated heterocycles. The SMILES string of the molecule is Nc1cc(N2CCC3CCCCC32)sn1. The minimum absolute atomic E-state index is 0.675. The summed E-state index contributed by atoms with van der Waals surface area (Å²) in [4.78, 5) is 2.54. The number of aromatic nitrogens is 1. The Labute approximate surface area is 94.4 Å². The van der Waals surface area contributed by atoms with E-state index in [2.05, 4.69) is 9.27 Å². The summed E-state index contributed by atoms with van der Waals surface area (Å²) in [6.07, 6.45) is 6.98. The van der Waals surface area contributed by atoms with Gasteiger partial charge in [0.05, 0.1) is 0 Å². The molecule has 0 amide bonds. The minimum Gasteiger partial charge on any atom is -0.383 e. The molecule has 1 saturated carbocycles. The molecule has 3 rings (SSSR count). The fourth-order valence-electron chi connectivity index (χ4n) is 3.09. The molecule has 0 aromatic carbocycles. The van der Waals surface area contributed by atoms with Crippen molar-refractivity contribution in [3.05, 3.63) is 6.07 Å². The van der Waals surface area contributed by atoms with Gasteiger partial charge in [-0.25, -0.2) is 0 Å². The van der Waals surface area contributed by atoms with Gasteiger partial charge in [-0.2, -0.15) is 4.37 Å². The van der Waals surface area contributed by atoms with Crippen LogP contribution in [0.4, 0.5) is 10.8 Å². The summed E-state index contributed by atoms with van der Waals surface area (Å²) < 4.78 is 4.18. The highest BCUT2D eigenvalue weighted by Crippen LogP contribution is 2.40. The van der Waals surface area contributed by atoms with Crippen LogP contribution in [0, 0.1) is 5.92 Å². The smallest absolute Gasteiger partial charge is 0.139 e. The molecule has 3 nitrogen and oxygen atoms in total. The predicted molar refractivity (Wildman–Crippen MR) is 64.2 cm³/mol. The van der Waals surface area contributed by atoms with Crippen LogP contribution >= 0.6 is 11.5 Å². The van der Waals surface area contributed by atoms with E-state index in [9.17, 15) is 0 Å². The third kappa shape index (κ3) is 1.61. The van der Waals surface area contributed by atoms with Crippen LogP contribution in [0.2, 0.25) is 0 Å². The Hall–Kier alpha value is -0.770. The zero-order valence-corrected chi connectivity index (χ0v) is 9.67. The number of nitrogen functional groups attached to an aromatic ring is 1.